The zero-order valence-electron chi connectivity index (χ0n) is 22.0. The molecule has 1 aromatic rings. The molecule has 2 rings (SSSR count). The van der Waals surface area contributed by atoms with E-state index in [1.165, 1.54) is 87.7 Å². The number of ether oxygens (including phenoxy) is 2. The van der Waals surface area contributed by atoms with Gasteiger partial charge in [0.05, 0.1) is 0 Å². The van der Waals surface area contributed by atoms with E-state index in [1.54, 1.807) is 6.20 Å². The van der Waals surface area contributed by atoms with Gasteiger partial charge in [0.2, 0.25) is 4.77 Å². The third kappa shape index (κ3) is 11.2. The van der Waals surface area contributed by atoms with Crippen molar-refractivity contribution in [3.63, 3.8) is 0 Å². The average Bonchev–Trinajstić information content (AvgIpc) is 3.13. The number of nitrogen functional groups attached to an aromatic ring is 1. The fourth-order valence-corrected chi connectivity index (χ4v) is 4.87. The Morgan fingerprint density at radius 3 is 2.03 bits per heavy atom. The number of aliphatic hydroxyl groups is 2. The Morgan fingerprint density at radius 1 is 0.972 bits per heavy atom. The molecule has 0 aromatic carbocycles. The molecule has 0 spiro atoms. The molecule has 1 saturated heterocycles. The summed E-state index contributed by atoms with van der Waals surface area (Å²) >= 11 is 5.16. The lowest BCUT2D eigenvalue weighted by Gasteiger charge is -2.18. The maximum Gasteiger partial charge on any atom is 0.305 e. The van der Waals surface area contributed by atoms with Crippen LogP contribution in [0.3, 0.4) is 0 Å². The number of unbranched alkanes of at least 4 members (excludes halogenated alkanes) is 14. The van der Waals surface area contributed by atoms with E-state index in [0.29, 0.717) is 6.42 Å². The summed E-state index contributed by atoms with van der Waals surface area (Å²) in [6, 6.07) is 1.53. The number of esters is 1. The molecule has 0 unspecified atom stereocenters. The number of nitrogens with zero attached hydrogens (tertiary/aromatic N) is 2. The maximum atomic E-state index is 12.1. The molecule has 4 atom stereocenters. The summed E-state index contributed by atoms with van der Waals surface area (Å²) < 4.78 is 12.6. The lowest BCUT2D eigenvalue weighted by atomic mass is 10.0. The minimum Gasteiger partial charge on any atom is -0.463 e. The van der Waals surface area contributed by atoms with Crippen molar-refractivity contribution in [1.82, 2.24) is 9.55 Å². The van der Waals surface area contributed by atoms with Gasteiger partial charge in [-0.15, -0.1) is 0 Å². The minimum absolute atomic E-state index is 0.123. The van der Waals surface area contributed by atoms with Crippen molar-refractivity contribution in [3.05, 3.63) is 17.0 Å². The predicted molar refractivity (Wildman–Crippen MR) is 144 cm³/mol. The highest BCUT2D eigenvalue weighted by Gasteiger charge is 2.44. The molecule has 0 amide bonds. The third-order valence-corrected chi connectivity index (χ3v) is 7.16. The summed E-state index contributed by atoms with van der Waals surface area (Å²) in [6.07, 6.45) is 16.8. The van der Waals surface area contributed by atoms with E-state index in [4.69, 9.17) is 27.4 Å². The van der Waals surface area contributed by atoms with Crippen LogP contribution < -0.4 is 5.73 Å². The number of aromatic nitrogens is 2. The van der Waals surface area contributed by atoms with Gasteiger partial charge >= 0.3 is 5.97 Å². The summed E-state index contributed by atoms with van der Waals surface area (Å²) in [6.45, 7) is 2.14. The van der Waals surface area contributed by atoms with Crippen molar-refractivity contribution in [2.24, 2.45) is 0 Å². The van der Waals surface area contributed by atoms with Crippen LogP contribution >= 0.6 is 12.2 Å². The van der Waals surface area contributed by atoms with Gasteiger partial charge in [0.1, 0.15) is 30.7 Å². The monoisotopic (exact) mass is 525 g/mol. The van der Waals surface area contributed by atoms with Gasteiger partial charge in [-0.05, 0) is 24.7 Å². The summed E-state index contributed by atoms with van der Waals surface area (Å²) in [4.78, 5) is 16.1. The smallest absolute Gasteiger partial charge is 0.305 e. The molecule has 206 valence electrons. The lowest BCUT2D eigenvalue weighted by Crippen LogP contribution is -2.34. The molecule has 1 aromatic heterocycles. The van der Waals surface area contributed by atoms with Crippen LogP contribution in [0.2, 0.25) is 0 Å². The fourth-order valence-electron chi connectivity index (χ4n) is 4.60. The second-order valence-electron chi connectivity index (χ2n) is 9.97. The normalized spacial score (nSPS) is 21.6. The zero-order chi connectivity index (χ0) is 26.2. The molecule has 2 heterocycles. The standard InChI is InChI=1S/C27H47N3O5S/c1-2-3-4-5-6-7-8-9-10-11-12-13-14-15-16-17-23(31)34-20-21-24(32)25(33)26(35-21)30-19-18-22(28)29-27(30)36/h18-19,21,24-26,32-33H,2-17,20H2,1H3,(H2,28,29,36)/t21-,24-,25+,26-/m1/s1. The Bertz CT molecular complexity index is 806. The van der Waals surface area contributed by atoms with Crippen molar-refractivity contribution in [1.29, 1.82) is 0 Å². The number of anilines is 1. The largest absolute Gasteiger partial charge is 0.463 e. The van der Waals surface area contributed by atoms with Crippen molar-refractivity contribution < 1.29 is 24.5 Å². The Balaban J connectivity index is 1.47. The van der Waals surface area contributed by atoms with Gasteiger partial charge in [0.25, 0.3) is 0 Å². The van der Waals surface area contributed by atoms with E-state index in [0.717, 1.165) is 19.3 Å². The molecule has 0 saturated carbocycles. The van der Waals surface area contributed by atoms with Gasteiger partial charge in [-0.3, -0.25) is 9.36 Å². The molecule has 8 nitrogen and oxygen atoms in total. The Kier molecular flexibility index (Phi) is 15.2. The van der Waals surface area contributed by atoms with E-state index in [2.05, 4.69) is 11.9 Å². The van der Waals surface area contributed by atoms with Crippen LogP contribution in [0.25, 0.3) is 0 Å². The Labute approximate surface area is 221 Å². The molecular weight excluding hydrogens is 478 g/mol. The second kappa shape index (κ2) is 17.8. The third-order valence-electron chi connectivity index (χ3n) is 6.86. The summed E-state index contributed by atoms with van der Waals surface area (Å²) in [5.74, 6) is -0.0576. The number of carbonyl (C=O) groups is 1. The van der Waals surface area contributed by atoms with Crippen molar-refractivity contribution >= 4 is 24.0 Å². The first-order valence-electron chi connectivity index (χ1n) is 14.0. The van der Waals surface area contributed by atoms with E-state index >= 15 is 0 Å². The van der Waals surface area contributed by atoms with Gasteiger partial charge in [-0.1, -0.05) is 96.8 Å². The van der Waals surface area contributed by atoms with Gasteiger partial charge in [0, 0.05) is 12.6 Å². The molecular formula is C27H47N3O5S. The molecule has 0 radical (unpaired) electrons. The first-order chi connectivity index (χ1) is 17.4. The Morgan fingerprint density at radius 2 is 1.50 bits per heavy atom. The molecule has 1 aliphatic rings. The number of rotatable bonds is 19. The van der Waals surface area contributed by atoms with Gasteiger partial charge in [-0.25, -0.2) is 4.98 Å². The number of nitrogens with two attached hydrogens (primary N) is 1. The minimum atomic E-state index is -1.22. The van der Waals surface area contributed by atoms with Crippen LogP contribution in [0.15, 0.2) is 12.3 Å². The number of hydrogen-bond acceptors (Lipinski definition) is 8. The summed E-state index contributed by atoms with van der Waals surface area (Å²) in [5.41, 5.74) is 5.61. The second-order valence-corrected chi connectivity index (χ2v) is 10.3. The van der Waals surface area contributed by atoms with Crippen LogP contribution in [0.5, 0.6) is 0 Å². The van der Waals surface area contributed by atoms with E-state index in [-0.39, 0.29) is 23.2 Å². The van der Waals surface area contributed by atoms with Crippen molar-refractivity contribution in [2.75, 3.05) is 12.3 Å². The molecule has 4 N–H and O–H groups in total. The Hall–Kier alpha value is -1.55. The molecule has 0 bridgehead atoms. The predicted octanol–water partition coefficient (Wildman–Crippen LogP) is 5.62. The molecule has 1 aliphatic heterocycles. The highest BCUT2D eigenvalue weighted by Crippen LogP contribution is 2.30. The molecule has 1 fully saturated rings. The highest BCUT2D eigenvalue weighted by atomic mass is 32.1. The number of hydrogen-bond donors (Lipinski definition) is 3. The van der Waals surface area contributed by atoms with E-state index in [1.807, 2.05) is 0 Å². The van der Waals surface area contributed by atoms with Crippen LogP contribution in [-0.2, 0) is 14.3 Å². The maximum absolute atomic E-state index is 12.1. The molecule has 0 aliphatic carbocycles. The SMILES string of the molecule is CCCCCCCCCCCCCCCCCC(=O)OC[C@H]1O[C@@H](n2ccc(N)nc2=S)[C@@H](O)[C@@H]1O. The van der Waals surface area contributed by atoms with Crippen LogP contribution in [0.1, 0.15) is 116 Å². The van der Waals surface area contributed by atoms with Crippen molar-refractivity contribution in [3.8, 4) is 0 Å². The van der Waals surface area contributed by atoms with E-state index < -0.39 is 24.5 Å². The van der Waals surface area contributed by atoms with Crippen molar-refractivity contribution in [2.45, 2.75) is 134 Å². The van der Waals surface area contributed by atoms with Crippen LogP contribution in [0.4, 0.5) is 5.82 Å². The van der Waals surface area contributed by atoms with Crippen LogP contribution in [-0.4, -0.2) is 50.7 Å². The number of carbonyl (C=O) groups excluding carboxylic acids is 1. The first-order valence-corrected chi connectivity index (χ1v) is 14.4. The van der Waals surface area contributed by atoms with Gasteiger partial charge in [-0.2, -0.15) is 0 Å². The van der Waals surface area contributed by atoms with Gasteiger partial charge in [0.15, 0.2) is 6.23 Å². The van der Waals surface area contributed by atoms with Gasteiger partial charge < -0.3 is 25.4 Å². The molecule has 9 heteroatoms. The zero-order valence-corrected chi connectivity index (χ0v) is 22.8. The topological polar surface area (TPSA) is 120 Å². The summed E-state index contributed by atoms with van der Waals surface area (Å²) in [7, 11) is 0. The quantitative estimate of drug-likeness (QED) is 0.121. The van der Waals surface area contributed by atoms with Crippen LogP contribution in [0, 0.1) is 4.77 Å². The highest BCUT2D eigenvalue weighted by molar-refractivity contribution is 7.71. The summed E-state index contributed by atoms with van der Waals surface area (Å²) in [5, 5.41) is 20.7. The van der Waals surface area contributed by atoms with E-state index in [9.17, 15) is 15.0 Å². The molecule has 36 heavy (non-hydrogen) atoms. The number of aliphatic hydroxyl groups excluding tert-OH is 2. The fraction of sp³-hybridized carbons (Fsp3) is 0.815. The lowest BCUT2D eigenvalue weighted by molar-refractivity contribution is -0.150. The first kappa shape index (κ1) is 30.7. The average molecular weight is 526 g/mol.